The van der Waals surface area contributed by atoms with E-state index in [1.165, 1.54) is 0 Å². The maximum absolute atomic E-state index is 4.86. The van der Waals surface area contributed by atoms with Crippen LogP contribution < -0.4 is 22.8 Å². The van der Waals surface area contributed by atoms with Crippen LogP contribution in [0.15, 0.2) is 5.10 Å². The number of hydrogen-bond donors (Lipinski definition) is 4. The third-order valence-corrected chi connectivity index (χ3v) is 0.287. The highest BCUT2D eigenvalue weighted by molar-refractivity contribution is 5.85. The zero-order valence-electron chi connectivity index (χ0n) is 4.00. The van der Waals surface area contributed by atoms with E-state index in [1.54, 1.807) is 0 Å². The molecule has 0 fully saturated rings. The minimum absolute atomic E-state index is 0. The SMILES string of the molecule is Cl.Cl.NN=C(N)NN. The molecule has 0 saturated heterocycles. The third-order valence-electron chi connectivity index (χ3n) is 0.287. The summed E-state index contributed by atoms with van der Waals surface area (Å²) in [5.41, 5.74) is 6.88. The summed E-state index contributed by atoms with van der Waals surface area (Å²) in [7, 11) is 0. The summed E-state index contributed by atoms with van der Waals surface area (Å²) in [5, 5.41) is 2.97. The van der Waals surface area contributed by atoms with Gasteiger partial charge >= 0.3 is 0 Å². The molecule has 7 heteroatoms. The Morgan fingerprint density at radius 2 is 1.75 bits per heavy atom. The molecule has 0 aromatic carbocycles. The van der Waals surface area contributed by atoms with Crippen molar-refractivity contribution >= 4 is 30.8 Å². The minimum atomic E-state index is 0. The fraction of sp³-hybridized carbons (Fsp3) is 0. The Labute approximate surface area is 59.5 Å². The fourth-order valence-electron chi connectivity index (χ4n) is 0.0373. The van der Waals surface area contributed by atoms with E-state index in [1.807, 2.05) is 5.43 Å². The van der Waals surface area contributed by atoms with Gasteiger partial charge in [0.1, 0.15) is 0 Å². The molecule has 0 aliphatic carbocycles. The van der Waals surface area contributed by atoms with Crippen LogP contribution in [0, 0.1) is 0 Å². The number of guanidine groups is 1. The third kappa shape index (κ3) is 9.15. The van der Waals surface area contributed by atoms with E-state index in [4.69, 9.17) is 11.6 Å². The smallest absolute Gasteiger partial charge is 0.224 e. The standard InChI is InChI=1S/CH7N5.2ClH/c2-1(5-3)6-4;;/h3-4H2,(H3,2,5,6);2*1H. The molecule has 0 heterocycles. The van der Waals surface area contributed by atoms with Crippen LogP contribution in [0.1, 0.15) is 0 Å². The van der Waals surface area contributed by atoms with Gasteiger partial charge in [0, 0.05) is 0 Å². The predicted octanol–water partition coefficient (Wildman–Crippen LogP) is -1.52. The quantitative estimate of drug-likeness (QED) is 0.150. The Bertz CT molecular complexity index is 61.4. The van der Waals surface area contributed by atoms with E-state index in [2.05, 4.69) is 10.9 Å². The van der Waals surface area contributed by atoms with E-state index >= 15 is 0 Å². The molecule has 0 amide bonds. The number of hydrazone groups is 1. The molecule has 7 N–H and O–H groups in total. The molecule has 0 bridgehead atoms. The highest BCUT2D eigenvalue weighted by Crippen LogP contribution is 1.38. The van der Waals surface area contributed by atoms with E-state index in [9.17, 15) is 0 Å². The first-order valence-electron chi connectivity index (χ1n) is 1.31. The maximum atomic E-state index is 4.86. The lowest BCUT2D eigenvalue weighted by Gasteiger charge is -1.89. The van der Waals surface area contributed by atoms with Gasteiger partial charge in [0.2, 0.25) is 5.96 Å². The van der Waals surface area contributed by atoms with Crippen LogP contribution in [0.25, 0.3) is 0 Å². The zero-order chi connectivity index (χ0) is 4.99. The second-order valence-electron chi connectivity index (χ2n) is 0.659. The molecule has 0 aromatic rings. The van der Waals surface area contributed by atoms with Gasteiger partial charge in [-0.05, 0) is 0 Å². The predicted molar refractivity (Wildman–Crippen MR) is 37.6 cm³/mol. The first-order valence-corrected chi connectivity index (χ1v) is 1.31. The van der Waals surface area contributed by atoms with Gasteiger partial charge in [-0.25, -0.2) is 5.84 Å². The molecule has 52 valence electrons. The topological polar surface area (TPSA) is 102 Å². The monoisotopic (exact) mass is 161 g/mol. The van der Waals surface area contributed by atoms with Crippen molar-refractivity contribution in [3.63, 3.8) is 0 Å². The lowest BCUT2D eigenvalue weighted by Crippen LogP contribution is -2.37. The van der Waals surface area contributed by atoms with Crippen molar-refractivity contribution in [2.45, 2.75) is 0 Å². The maximum Gasteiger partial charge on any atom is 0.224 e. The highest BCUT2D eigenvalue weighted by atomic mass is 35.5. The van der Waals surface area contributed by atoms with Crippen molar-refractivity contribution in [3.8, 4) is 0 Å². The molecule has 0 rings (SSSR count). The van der Waals surface area contributed by atoms with Gasteiger partial charge < -0.3 is 11.6 Å². The molecule has 0 aliphatic heterocycles. The molecule has 0 aromatic heterocycles. The van der Waals surface area contributed by atoms with E-state index in [0.29, 0.717) is 0 Å². The molecule has 0 aliphatic rings. The molecule has 0 atom stereocenters. The Morgan fingerprint density at radius 1 is 1.38 bits per heavy atom. The van der Waals surface area contributed by atoms with Crippen molar-refractivity contribution in [3.05, 3.63) is 0 Å². The first-order chi connectivity index (χ1) is 2.81. The normalized spacial score (nSPS) is 8.38. The van der Waals surface area contributed by atoms with Crippen molar-refractivity contribution in [1.82, 2.24) is 5.43 Å². The average molecular weight is 162 g/mol. The number of halogens is 2. The van der Waals surface area contributed by atoms with Crippen molar-refractivity contribution in [1.29, 1.82) is 0 Å². The Morgan fingerprint density at radius 3 is 1.75 bits per heavy atom. The summed E-state index contributed by atoms with van der Waals surface area (Å²) in [6.07, 6.45) is 0. The first kappa shape index (κ1) is 15.6. The van der Waals surface area contributed by atoms with Gasteiger partial charge in [0.05, 0.1) is 0 Å². The van der Waals surface area contributed by atoms with Gasteiger partial charge in [-0.15, -0.1) is 29.9 Å². The summed E-state index contributed by atoms with van der Waals surface area (Å²) >= 11 is 0. The van der Waals surface area contributed by atoms with E-state index in [0.717, 1.165) is 0 Å². The number of hydrazine groups is 1. The lowest BCUT2D eigenvalue weighted by atomic mass is 11.1. The van der Waals surface area contributed by atoms with E-state index in [-0.39, 0.29) is 30.8 Å². The Kier molecular flexibility index (Phi) is 19.1. The second kappa shape index (κ2) is 9.79. The number of hydrogen-bond acceptors (Lipinski definition) is 3. The molecular weight excluding hydrogens is 153 g/mol. The molecule has 0 unspecified atom stereocenters. The van der Waals surface area contributed by atoms with Crippen molar-refractivity contribution < 1.29 is 0 Å². The summed E-state index contributed by atoms with van der Waals surface area (Å²) in [5.74, 6) is 9.32. The zero-order valence-corrected chi connectivity index (χ0v) is 5.63. The van der Waals surface area contributed by atoms with Crippen LogP contribution in [0.3, 0.4) is 0 Å². The van der Waals surface area contributed by atoms with Gasteiger partial charge in [0.15, 0.2) is 0 Å². The van der Waals surface area contributed by atoms with Gasteiger partial charge in [-0.3, -0.25) is 5.43 Å². The molecule has 0 spiro atoms. The van der Waals surface area contributed by atoms with Crippen LogP contribution in [-0.4, -0.2) is 5.96 Å². The number of nitrogens with zero attached hydrogens (tertiary/aromatic N) is 1. The average Bonchev–Trinajstić information content (AvgIpc) is 1.65. The van der Waals surface area contributed by atoms with Gasteiger partial charge in [-0.1, -0.05) is 0 Å². The largest absolute Gasteiger partial charge is 0.367 e. The van der Waals surface area contributed by atoms with Crippen molar-refractivity contribution in [2.24, 2.45) is 22.5 Å². The fourth-order valence-corrected chi connectivity index (χ4v) is 0.0373. The molecule has 5 nitrogen and oxygen atoms in total. The summed E-state index contributed by atoms with van der Waals surface area (Å²) < 4.78 is 0. The lowest BCUT2D eigenvalue weighted by molar-refractivity contribution is 0.986. The van der Waals surface area contributed by atoms with E-state index < -0.39 is 0 Å². The van der Waals surface area contributed by atoms with Crippen molar-refractivity contribution in [2.75, 3.05) is 0 Å². The van der Waals surface area contributed by atoms with Crippen LogP contribution in [-0.2, 0) is 0 Å². The van der Waals surface area contributed by atoms with Gasteiger partial charge in [0.25, 0.3) is 0 Å². The van der Waals surface area contributed by atoms with Crippen LogP contribution >= 0.6 is 24.8 Å². The highest BCUT2D eigenvalue weighted by Gasteiger charge is 1.73. The number of nitrogens with two attached hydrogens (primary N) is 3. The minimum Gasteiger partial charge on any atom is -0.367 e. The molecule has 0 saturated carbocycles. The molecule has 8 heavy (non-hydrogen) atoms. The molecular formula is CH9Cl2N5. The second-order valence-corrected chi connectivity index (χ2v) is 0.659. The number of rotatable bonds is 0. The van der Waals surface area contributed by atoms with Crippen LogP contribution in [0.5, 0.6) is 0 Å². The summed E-state index contributed by atoms with van der Waals surface area (Å²) in [6, 6.07) is 0. The van der Waals surface area contributed by atoms with Crippen LogP contribution in [0.4, 0.5) is 0 Å². The Balaban J connectivity index is -0.000000125. The van der Waals surface area contributed by atoms with Gasteiger partial charge in [-0.2, -0.15) is 0 Å². The molecule has 0 radical (unpaired) electrons. The summed E-state index contributed by atoms with van der Waals surface area (Å²) in [4.78, 5) is 0. The Hall–Kier alpha value is -0.390. The van der Waals surface area contributed by atoms with Crippen LogP contribution in [0.2, 0.25) is 0 Å². The summed E-state index contributed by atoms with van der Waals surface area (Å²) in [6.45, 7) is 0. The number of nitrogens with one attached hydrogen (secondary N) is 1.